The van der Waals surface area contributed by atoms with Gasteiger partial charge in [-0.25, -0.2) is 4.68 Å². The molecule has 2 heterocycles. The second-order valence-corrected chi connectivity index (χ2v) is 6.36. The normalized spacial score (nSPS) is 11.8. The Bertz CT molecular complexity index is 1130. The first-order valence-corrected chi connectivity index (χ1v) is 8.43. The first-order chi connectivity index (χ1) is 13.4. The van der Waals surface area contributed by atoms with Crippen molar-refractivity contribution in [2.24, 2.45) is 0 Å². The maximum Gasteiger partial charge on any atom is 0.434 e. The minimum absolute atomic E-state index is 0.0328. The monoisotopic (exact) mass is 384 g/mol. The van der Waals surface area contributed by atoms with Crippen molar-refractivity contribution in [3.63, 3.8) is 0 Å². The van der Waals surface area contributed by atoms with Crippen LogP contribution in [0.5, 0.6) is 0 Å². The van der Waals surface area contributed by atoms with Crippen LogP contribution in [0.2, 0.25) is 0 Å². The zero-order valence-corrected chi connectivity index (χ0v) is 15.0. The fourth-order valence-corrected chi connectivity index (χ4v) is 3.11. The summed E-state index contributed by atoms with van der Waals surface area (Å²) in [6, 6.07) is 13.9. The molecule has 2 aromatic heterocycles. The Labute approximate surface area is 158 Å². The van der Waals surface area contributed by atoms with E-state index in [9.17, 15) is 13.2 Å². The van der Waals surface area contributed by atoms with Gasteiger partial charge in [-0.2, -0.15) is 23.0 Å². The van der Waals surface area contributed by atoms with E-state index in [0.717, 1.165) is 16.4 Å². The Hall–Kier alpha value is -3.49. The van der Waals surface area contributed by atoms with E-state index in [-0.39, 0.29) is 11.4 Å². The van der Waals surface area contributed by atoms with Gasteiger partial charge in [0.25, 0.3) is 0 Å². The standard InChI is InChI=1S/C19H15F3N6/c1-12-8-9-16(13(2)10-12)28-17(19(20,21)22)15(11-23-28)18-24-25-26-27(18)14-6-4-3-5-7-14/h3-11H,1-2H3. The molecule has 0 saturated heterocycles. The number of benzene rings is 2. The number of hydrogen-bond acceptors (Lipinski definition) is 4. The highest BCUT2D eigenvalue weighted by Crippen LogP contribution is 2.38. The largest absolute Gasteiger partial charge is 0.434 e. The number of para-hydroxylation sites is 1. The Morgan fingerprint density at radius 1 is 0.929 bits per heavy atom. The molecule has 0 spiro atoms. The van der Waals surface area contributed by atoms with E-state index in [4.69, 9.17) is 0 Å². The highest BCUT2D eigenvalue weighted by molar-refractivity contribution is 5.62. The Balaban J connectivity index is 1.94. The molecular formula is C19H15F3N6. The summed E-state index contributed by atoms with van der Waals surface area (Å²) in [6.07, 6.45) is -3.51. The van der Waals surface area contributed by atoms with Gasteiger partial charge in [-0.05, 0) is 48.0 Å². The van der Waals surface area contributed by atoms with Crippen molar-refractivity contribution in [3.8, 4) is 22.8 Å². The van der Waals surface area contributed by atoms with Gasteiger partial charge >= 0.3 is 6.18 Å². The Morgan fingerprint density at radius 3 is 2.36 bits per heavy atom. The fraction of sp³-hybridized carbons (Fsp3) is 0.158. The Morgan fingerprint density at radius 2 is 1.68 bits per heavy atom. The molecule has 0 amide bonds. The topological polar surface area (TPSA) is 61.4 Å². The van der Waals surface area contributed by atoms with Crippen molar-refractivity contribution < 1.29 is 13.2 Å². The highest BCUT2D eigenvalue weighted by Gasteiger charge is 2.40. The lowest BCUT2D eigenvalue weighted by atomic mass is 10.1. The minimum atomic E-state index is -4.66. The lowest BCUT2D eigenvalue weighted by molar-refractivity contribution is -0.142. The van der Waals surface area contributed by atoms with Crippen LogP contribution in [0, 0.1) is 13.8 Å². The predicted octanol–water partition coefficient (Wildman–Crippen LogP) is 4.15. The molecule has 28 heavy (non-hydrogen) atoms. The van der Waals surface area contributed by atoms with Crippen LogP contribution < -0.4 is 0 Å². The van der Waals surface area contributed by atoms with Crippen molar-refractivity contribution in [1.29, 1.82) is 0 Å². The highest BCUT2D eigenvalue weighted by atomic mass is 19.4. The zero-order chi connectivity index (χ0) is 19.9. The molecule has 0 unspecified atom stereocenters. The third-order valence-electron chi connectivity index (χ3n) is 4.33. The minimum Gasteiger partial charge on any atom is -0.228 e. The summed E-state index contributed by atoms with van der Waals surface area (Å²) in [5, 5.41) is 15.3. The number of hydrogen-bond donors (Lipinski definition) is 0. The maximum absolute atomic E-state index is 14.0. The molecule has 0 aliphatic rings. The smallest absolute Gasteiger partial charge is 0.228 e. The van der Waals surface area contributed by atoms with Crippen LogP contribution in [-0.2, 0) is 6.18 Å². The summed E-state index contributed by atoms with van der Waals surface area (Å²) in [7, 11) is 0. The predicted molar refractivity (Wildman–Crippen MR) is 96.2 cm³/mol. The molecule has 0 saturated carbocycles. The molecule has 0 atom stereocenters. The van der Waals surface area contributed by atoms with Gasteiger partial charge in [-0.15, -0.1) is 5.10 Å². The van der Waals surface area contributed by atoms with Crippen molar-refractivity contribution in [2.45, 2.75) is 20.0 Å². The van der Waals surface area contributed by atoms with Crippen LogP contribution in [0.15, 0.2) is 54.7 Å². The third kappa shape index (κ3) is 3.04. The number of nitrogens with zero attached hydrogens (tertiary/aromatic N) is 6. The lowest BCUT2D eigenvalue weighted by Gasteiger charge is -2.14. The molecular weight excluding hydrogens is 369 g/mol. The van der Waals surface area contributed by atoms with Crippen LogP contribution in [0.4, 0.5) is 13.2 Å². The van der Waals surface area contributed by atoms with Gasteiger partial charge in [-0.3, -0.25) is 0 Å². The van der Waals surface area contributed by atoms with Crippen LogP contribution in [-0.4, -0.2) is 30.0 Å². The van der Waals surface area contributed by atoms with E-state index < -0.39 is 11.9 Å². The summed E-state index contributed by atoms with van der Waals surface area (Å²) in [5.74, 6) is -0.0328. The quantitative estimate of drug-likeness (QED) is 0.532. The maximum atomic E-state index is 14.0. The molecule has 142 valence electrons. The molecule has 4 rings (SSSR count). The molecule has 9 heteroatoms. The number of alkyl halides is 3. The molecule has 6 nitrogen and oxygen atoms in total. The molecule has 0 radical (unpaired) electrons. The van der Waals surface area contributed by atoms with E-state index >= 15 is 0 Å². The number of aromatic nitrogens is 6. The first kappa shape index (κ1) is 17.9. The number of halogens is 3. The summed E-state index contributed by atoms with van der Waals surface area (Å²) in [4.78, 5) is 0. The van der Waals surface area contributed by atoms with E-state index in [1.54, 1.807) is 49.4 Å². The molecule has 0 bridgehead atoms. The van der Waals surface area contributed by atoms with Crippen molar-refractivity contribution in [2.75, 3.05) is 0 Å². The van der Waals surface area contributed by atoms with Crippen LogP contribution in [0.3, 0.4) is 0 Å². The summed E-state index contributed by atoms with van der Waals surface area (Å²) < 4.78 is 44.2. The Kier molecular flexibility index (Phi) is 4.21. The molecule has 0 fully saturated rings. The average Bonchev–Trinajstić information content (AvgIpc) is 3.29. The molecule has 0 aliphatic carbocycles. The van der Waals surface area contributed by atoms with E-state index in [0.29, 0.717) is 16.9 Å². The molecule has 4 aromatic rings. The number of tetrazole rings is 1. The van der Waals surface area contributed by atoms with Gasteiger partial charge in [-0.1, -0.05) is 35.9 Å². The third-order valence-corrected chi connectivity index (χ3v) is 4.33. The van der Waals surface area contributed by atoms with E-state index in [1.165, 1.54) is 4.68 Å². The second kappa shape index (κ2) is 6.59. The number of aryl methyl sites for hydroxylation is 2. The van der Waals surface area contributed by atoms with Crippen LogP contribution in [0.1, 0.15) is 16.8 Å². The average molecular weight is 384 g/mol. The van der Waals surface area contributed by atoms with Crippen molar-refractivity contribution in [1.82, 2.24) is 30.0 Å². The molecule has 0 N–H and O–H groups in total. The lowest BCUT2D eigenvalue weighted by Crippen LogP contribution is -2.16. The fourth-order valence-electron chi connectivity index (χ4n) is 3.11. The van der Waals surface area contributed by atoms with E-state index in [1.807, 2.05) is 13.0 Å². The van der Waals surface area contributed by atoms with Gasteiger partial charge < -0.3 is 0 Å². The second-order valence-electron chi connectivity index (χ2n) is 6.36. The van der Waals surface area contributed by atoms with Gasteiger partial charge in [0.15, 0.2) is 11.5 Å². The van der Waals surface area contributed by atoms with Crippen LogP contribution in [0.25, 0.3) is 22.8 Å². The zero-order valence-electron chi connectivity index (χ0n) is 15.0. The van der Waals surface area contributed by atoms with Crippen molar-refractivity contribution >= 4 is 0 Å². The van der Waals surface area contributed by atoms with Crippen LogP contribution >= 0.6 is 0 Å². The van der Waals surface area contributed by atoms with Crippen molar-refractivity contribution in [3.05, 3.63) is 71.5 Å². The van der Waals surface area contributed by atoms with Gasteiger partial charge in [0.05, 0.1) is 23.1 Å². The number of rotatable bonds is 3. The first-order valence-electron chi connectivity index (χ1n) is 8.43. The summed E-state index contributed by atoms with van der Waals surface area (Å²) in [6.45, 7) is 3.63. The molecule has 0 aliphatic heterocycles. The molecule has 2 aromatic carbocycles. The SMILES string of the molecule is Cc1ccc(-n2ncc(-c3nnnn3-c3ccccc3)c2C(F)(F)F)c(C)c1. The van der Waals surface area contributed by atoms with E-state index in [2.05, 4.69) is 20.6 Å². The summed E-state index contributed by atoms with van der Waals surface area (Å²) in [5.41, 5.74) is 1.42. The van der Waals surface area contributed by atoms with Gasteiger partial charge in [0.1, 0.15) is 0 Å². The van der Waals surface area contributed by atoms with Gasteiger partial charge in [0, 0.05) is 0 Å². The van der Waals surface area contributed by atoms with Gasteiger partial charge in [0.2, 0.25) is 0 Å². The summed E-state index contributed by atoms with van der Waals surface area (Å²) >= 11 is 0.